The van der Waals surface area contributed by atoms with E-state index >= 15 is 0 Å². The van der Waals surface area contributed by atoms with Crippen molar-refractivity contribution in [3.8, 4) is 0 Å². The second kappa shape index (κ2) is 5.55. The molecule has 2 rings (SSSR count). The topological polar surface area (TPSA) is 63.6 Å². The monoisotopic (exact) mass is 252 g/mol. The van der Waals surface area contributed by atoms with Crippen LogP contribution in [0.3, 0.4) is 0 Å². The molecule has 0 aromatic carbocycles. The first-order chi connectivity index (χ1) is 8.63. The number of Topliss-reactive ketones (excluding diaryl/α,β-unsaturated/α-hetero) is 1. The maximum absolute atomic E-state index is 11.4. The Labute approximate surface area is 107 Å². The minimum absolute atomic E-state index is 0.0644. The zero-order valence-electron chi connectivity index (χ0n) is 10.8. The van der Waals surface area contributed by atoms with Crippen LogP contribution in [0.15, 0.2) is 11.3 Å². The lowest BCUT2D eigenvalue weighted by Crippen LogP contribution is -2.06. The summed E-state index contributed by atoms with van der Waals surface area (Å²) in [6.45, 7) is 1.96. The largest absolute Gasteiger partial charge is 0.511 e. The summed E-state index contributed by atoms with van der Waals surface area (Å²) in [7, 11) is 0. The van der Waals surface area contributed by atoms with Crippen LogP contribution in [0.25, 0.3) is 0 Å². The van der Waals surface area contributed by atoms with Gasteiger partial charge in [-0.2, -0.15) is 0 Å². The van der Waals surface area contributed by atoms with Crippen LogP contribution in [0.4, 0.5) is 0 Å². The predicted molar refractivity (Wildman–Crippen MR) is 66.0 cm³/mol. The van der Waals surface area contributed by atoms with E-state index in [1.807, 2.05) is 0 Å². The zero-order chi connectivity index (χ0) is 13.1. The Balaban J connectivity index is 1.82. The van der Waals surface area contributed by atoms with Crippen molar-refractivity contribution >= 4 is 11.8 Å². The molecule has 2 atom stereocenters. The van der Waals surface area contributed by atoms with E-state index in [0.29, 0.717) is 18.3 Å². The average molecular weight is 252 g/mol. The Kier molecular flexibility index (Phi) is 4.04. The fourth-order valence-electron chi connectivity index (χ4n) is 2.59. The third-order valence-electron chi connectivity index (χ3n) is 3.81. The molecule has 0 spiro atoms. The Morgan fingerprint density at radius 2 is 2.11 bits per heavy atom. The van der Waals surface area contributed by atoms with E-state index in [1.165, 1.54) is 25.7 Å². The SMILES string of the molecule is CCCCCC1CC1C/C(O)=C1/C(=O)COC1=O. The molecule has 4 heteroatoms. The highest BCUT2D eigenvalue weighted by Gasteiger charge is 2.39. The number of ether oxygens (including phenoxy) is 1. The van der Waals surface area contributed by atoms with Crippen LogP contribution in [0.1, 0.15) is 45.4 Å². The molecular formula is C14H20O4. The number of aliphatic hydroxyl groups excluding tert-OH is 1. The van der Waals surface area contributed by atoms with Crippen molar-refractivity contribution in [3.63, 3.8) is 0 Å². The van der Waals surface area contributed by atoms with Gasteiger partial charge in [-0.05, 0) is 18.3 Å². The summed E-state index contributed by atoms with van der Waals surface area (Å²) in [6, 6.07) is 0. The number of cyclic esters (lactones) is 1. The summed E-state index contributed by atoms with van der Waals surface area (Å²) >= 11 is 0. The van der Waals surface area contributed by atoms with Crippen molar-refractivity contribution in [1.29, 1.82) is 0 Å². The molecule has 0 amide bonds. The first-order valence-electron chi connectivity index (χ1n) is 6.76. The molecule has 1 saturated carbocycles. The zero-order valence-corrected chi connectivity index (χ0v) is 10.8. The van der Waals surface area contributed by atoms with Gasteiger partial charge in [0.05, 0.1) is 0 Å². The highest BCUT2D eigenvalue weighted by Crippen LogP contribution is 2.46. The Hall–Kier alpha value is -1.32. The lowest BCUT2D eigenvalue weighted by Gasteiger charge is -2.01. The van der Waals surface area contributed by atoms with Gasteiger partial charge in [-0.3, -0.25) is 4.79 Å². The van der Waals surface area contributed by atoms with Gasteiger partial charge in [-0.15, -0.1) is 0 Å². The van der Waals surface area contributed by atoms with Gasteiger partial charge >= 0.3 is 5.97 Å². The molecule has 1 aliphatic heterocycles. The van der Waals surface area contributed by atoms with E-state index in [0.717, 1.165) is 6.42 Å². The van der Waals surface area contributed by atoms with Crippen molar-refractivity contribution in [1.82, 2.24) is 0 Å². The predicted octanol–water partition coefficient (Wildman–Crippen LogP) is 2.53. The van der Waals surface area contributed by atoms with Crippen LogP contribution < -0.4 is 0 Å². The van der Waals surface area contributed by atoms with Gasteiger partial charge in [0.2, 0.25) is 5.78 Å². The average Bonchev–Trinajstić information content (AvgIpc) is 2.96. The first kappa shape index (κ1) is 13.1. The minimum Gasteiger partial charge on any atom is -0.511 e. The lowest BCUT2D eigenvalue weighted by atomic mass is 10.1. The molecule has 0 aromatic heterocycles. The number of rotatable bonds is 6. The van der Waals surface area contributed by atoms with Crippen LogP contribution in [-0.2, 0) is 14.3 Å². The Morgan fingerprint density at radius 1 is 1.33 bits per heavy atom. The third-order valence-corrected chi connectivity index (χ3v) is 3.81. The quantitative estimate of drug-likeness (QED) is 0.259. The smallest absolute Gasteiger partial charge is 0.345 e. The van der Waals surface area contributed by atoms with Crippen LogP contribution in [0.2, 0.25) is 0 Å². The molecule has 0 radical (unpaired) electrons. The number of hydrogen-bond acceptors (Lipinski definition) is 4. The second-order valence-electron chi connectivity index (χ2n) is 5.28. The summed E-state index contributed by atoms with van der Waals surface area (Å²) in [5.74, 6) is -0.0192. The Morgan fingerprint density at radius 3 is 2.72 bits per heavy atom. The highest BCUT2D eigenvalue weighted by atomic mass is 16.5. The van der Waals surface area contributed by atoms with E-state index in [4.69, 9.17) is 0 Å². The molecule has 2 unspecified atom stereocenters. The fourth-order valence-corrected chi connectivity index (χ4v) is 2.59. The molecule has 1 saturated heterocycles. The number of esters is 1. The van der Waals surface area contributed by atoms with Gasteiger partial charge in [0.15, 0.2) is 6.61 Å². The summed E-state index contributed by atoms with van der Waals surface area (Å²) in [5, 5.41) is 9.85. The molecule has 2 aliphatic rings. The van der Waals surface area contributed by atoms with Gasteiger partial charge < -0.3 is 9.84 Å². The molecule has 4 nitrogen and oxygen atoms in total. The van der Waals surface area contributed by atoms with Crippen LogP contribution >= 0.6 is 0 Å². The standard InChI is InChI=1S/C14H20O4/c1-2-3-4-5-9-6-10(9)7-11(15)13-12(16)8-18-14(13)17/h9-10,15H,2-8H2,1H3/b13-11+. The number of allylic oxidation sites excluding steroid dienone is 1. The van der Waals surface area contributed by atoms with Gasteiger partial charge in [0, 0.05) is 6.42 Å². The van der Waals surface area contributed by atoms with E-state index in [-0.39, 0.29) is 23.7 Å². The summed E-state index contributed by atoms with van der Waals surface area (Å²) < 4.78 is 4.60. The normalized spacial score (nSPS) is 29.4. The first-order valence-corrected chi connectivity index (χ1v) is 6.76. The third kappa shape index (κ3) is 2.92. The number of carbonyl (C=O) groups is 2. The van der Waals surface area contributed by atoms with Gasteiger partial charge in [0.1, 0.15) is 11.3 Å². The second-order valence-corrected chi connectivity index (χ2v) is 5.28. The molecule has 1 aliphatic carbocycles. The van der Waals surface area contributed by atoms with Crippen molar-refractivity contribution < 1.29 is 19.4 Å². The molecule has 0 aromatic rings. The lowest BCUT2D eigenvalue weighted by molar-refractivity contribution is -0.135. The van der Waals surface area contributed by atoms with Crippen molar-refractivity contribution in [3.05, 3.63) is 11.3 Å². The van der Waals surface area contributed by atoms with E-state index in [2.05, 4.69) is 11.7 Å². The molecule has 1 heterocycles. The number of hydrogen-bond donors (Lipinski definition) is 1. The summed E-state index contributed by atoms with van der Waals surface area (Å²) in [5.41, 5.74) is -0.116. The van der Waals surface area contributed by atoms with E-state index in [9.17, 15) is 14.7 Å². The molecule has 0 bridgehead atoms. The van der Waals surface area contributed by atoms with Crippen LogP contribution in [-0.4, -0.2) is 23.5 Å². The summed E-state index contributed by atoms with van der Waals surface area (Å²) in [6.07, 6.45) is 6.45. The molecule has 18 heavy (non-hydrogen) atoms. The summed E-state index contributed by atoms with van der Waals surface area (Å²) in [4.78, 5) is 22.6. The number of ketones is 1. The van der Waals surface area contributed by atoms with Crippen LogP contribution in [0.5, 0.6) is 0 Å². The molecule has 100 valence electrons. The van der Waals surface area contributed by atoms with Gasteiger partial charge in [-0.1, -0.05) is 32.6 Å². The number of unbranched alkanes of at least 4 members (excludes halogenated alkanes) is 2. The maximum atomic E-state index is 11.4. The van der Waals surface area contributed by atoms with Crippen molar-refractivity contribution in [2.75, 3.05) is 6.61 Å². The van der Waals surface area contributed by atoms with Gasteiger partial charge in [-0.25, -0.2) is 4.79 Å². The van der Waals surface area contributed by atoms with Crippen molar-refractivity contribution in [2.45, 2.75) is 45.4 Å². The fraction of sp³-hybridized carbons (Fsp3) is 0.714. The number of aliphatic hydroxyl groups is 1. The molecule has 1 N–H and O–H groups in total. The minimum atomic E-state index is -0.666. The maximum Gasteiger partial charge on any atom is 0.345 e. The van der Waals surface area contributed by atoms with Crippen molar-refractivity contribution in [2.24, 2.45) is 11.8 Å². The molecule has 2 fully saturated rings. The van der Waals surface area contributed by atoms with E-state index < -0.39 is 5.97 Å². The van der Waals surface area contributed by atoms with Gasteiger partial charge in [0.25, 0.3) is 0 Å². The van der Waals surface area contributed by atoms with E-state index in [1.54, 1.807) is 0 Å². The van der Waals surface area contributed by atoms with Crippen LogP contribution in [0, 0.1) is 11.8 Å². The highest BCUT2D eigenvalue weighted by molar-refractivity contribution is 6.22. The molecular weight excluding hydrogens is 232 g/mol. The number of carbonyl (C=O) groups excluding carboxylic acids is 2. The Bertz CT molecular complexity index is 365.